The number of aliphatic hydroxyl groups is 1. The molecule has 0 aliphatic carbocycles. The maximum atomic E-state index is 8.35. The predicted octanol–water partition coefficient (Wildman–Crippen LogP) is -0.430. The van der Waals surface area contributed by atoms with Gasteiger partial charge >= 0.3 is 0 Å². The lowest BCUT2D eigenvalue weighted by Crippen LogP contribution is -2.17. The van der Waals surface area contributed by atoms with Gasteiger partial charge in [0.25, 0.3) is 0 Å². The van der Waals surface area contributed by atoms with E-state index < -0.39 is 0 Å². The van der Waals surface area contributed by atoms with Crippen LogP contribution in [0.25, 0.3) is 0 Å². The quantitative estimate of drug-likeness (QED) is 0.462. The highest BCUT2D eigenvalue weighted by molar-refractivity contribution is 8.12. The van der Waals surface area contributed by atoms with Crippen LogP contribution in [0.3, 0.4) is 0 Å². The first-order chi connectivity index (χ1) is 5.31. The first kappa shape index (κ1) is 11.1. The van der Waals surface area contributed by atoms with Gasteiger partial charge in [0, 0.05) is 34.9 Å². The zero-order valence-electron chi connectivity index (χ0n) is 6.39. The molecule has 6 heteroatoms. The number of rotatable bonds is 6. The van der Waals surface area contributed by atoms with Gasteiger partial charge in [0.2, 0.25) is 0 Å². The smallest absolute Gasteiger partial charge is 0.0698 e. The van der Waals surface area contributed by atoms with Crippen LogP contribution in [0, 0.1) is 0 Å². The van der Waals surface area contributed by atoms with E-state index in [9.17, 15) is 0 Å². The van der Waals surface area contributed by atoms with Gasteiger partial charge in [-0.15, -0.1) is 4.47 Å². The Labute approximate surface area is 74.5 Å². The van der Waals surface area contributed by atoms with E-state index in [1.807, 2.05) is 7.05 Å². The summed E-state index contributed by atoms with van der Waals surface area (Å²) in [6, 6.07) is 0. The topological polar surface area (TPSA) is 45.1 Å². The van der Waals surface area contributed by atoms with Crippen LogP contribution in [-0.4, -0.2) is 43.5 Å². The molecule has 0 aromatic rings. The van der Waals surface area contributed by atoms with Crippen LogP contribution < -0.4 is 0 Å². The standard InChI is InChI=1S/C5H12N2O2S2/c1-7(6-11-10)2-4-9-5-3-8/h8H,2-5H2,1H3. The van der Waals surface area contributed by atoms with Crippen LogP contribution in [0.2, 0.25) is 0 Å². The van der Waals surface area contributed by atoms with Crippen molar-refractivity contribution < 1.29 is 9.84 Å². The van der Waals surface area contributed by atoms with E-state index >= 15 is 0 Å². The second kappa shape index (κ2) is 8.22. The van der Waals surface area contributed by atoms with E-state index in [1.54, 1.807) is 5.01 Å². The van der Waals surface area contributed by atoms with Crippen molar-refractivity contribution in [1.29, 1.82) is 0 Å². The molecule has 0 aliphatic heterocycles. The fourth-order valence-corrected chi connectivity index (χ4v) is 0.998. The maximum absolute atomic E-state index is 8.35. The Morgan fingerprint density at radius 3 is 2.91 bits per heavy atom. The number of nitrogens with zero attached hydrogens (tertiary/aromatic N) is 2. The molecule has 0 radical (unpaired) electrons. The van der Waals surface area contributed by atoms with Gasteiger partial charge in [0.15, 0.2) is 0 Å². The summed E-state index contributed by atoms with van der Waals surface area (Å²) in [6.07, 6.45) is 0. The third-order valence-electron chi connectivity index (χ3n) is 0.968. The summed E-state index contributed by atoms with van der Waals surface area (Å²) < 4.78 is 8.85. The SMILES string of the molecule is CN(CCOCCO)N=S=S. The molecule has 0 fully saturated rings. The Bertz CT molecular complexity index is 138. The van der Waals surface area contributed by atoms with Gasteiger partial charge in [0.1, 0.15) is 0 Å². The summed E-state index contributed by atoms with van der Waals surface area (Å²) >= 11 is 4.56. The average Bonchev–Trinajstić information content (AvgIpc) is 1.99. The van der Waals surface area contributed by atoms with Gasteiger partial charge in [-0.1, -0.05) is 0 Å². The second-order valence-electron chi connectivity index (χ2n) is 1.87. The van der Waals surface area contributed by atoms with E-state index in [0.717, 1.165) is 10.1 Å². The van der Waals surface area contributed by atoms with Crippen molar-refractivity contribution in [3.8, 4) is 0 Å². The fourth-order valence-electron chi connectivity index (χ4n) is 0.461. The van der Waals surface area contributed by atoms with Crippen molar-refractivity contribution >= 4 is 21.3 Å². The summed E-state index contributed by atoms with van der Waals surface area (Å²) in [5, 5.41) is 10.1. The minimum absolute atomic E-state index is 0.0661. The lowest BCUT2D eigenvalue weighted by atomic mass is 10.6. The molecule has 0 heterocycles. The summed E-state index contributed by atoms with van der Waals surface area (Å²) in [5.41, 5.74) is 0. The molecule has 0 rings (SSSR count). The lowest BCUT2D eigenvalue weighted by Gasteiger charge is -2.07. The van der Waals surface area contributed by atoms with Crippen molar-refractivity contribution in [2.24, 2.45) is 4.47 Å². The summed E-state index contributed by atoms with van der Waals surface area (Å²) in [5.74, 6) is 0. The number of ether oxygens (including phenoxy) is 1. The van der Waals surface area contributed by atoms with Crippen molar-refractivity contribution in [3.63, 3.8) is 0 Å². The largest absolute Gasteiger partial charge is 0.394 e. The molecule has 11 heavy (non-hydrogen) atoms. The van der Waals surface area contributed by atoms with E-state index in [0.29, 0.717) is 19.8 Å². The Balaban J connectivity index is 3.17. The molecule has 0 unspecified atom stereocenters. The average molecular weight is 196 g/mol. The highest BCUT2D eigenvalue weighted by atomic mass is 32.8. The number of aliphatic hydroxyl groups excluding tert-OH is 1. The molecular formula is C5H12N2O2S2. The molecule has 0 spiro atoms. The first-order valence-corrected chi connectivity index (χ1v) is 4.90. The second-order valence-corrected chi connectivity index (χ2v) is 2.63. The highest BCUT2D eigenvalue weighted by Crippen LogP contribution is 1.82. The molecule has 0 amide bonds. The number of likely N-dealkylation sites (N-methyl/N-ethyl adjacent to an activating group) is 1. The van der Waals surface area contributed by atoms with Crippen molar-refractivity contribution in [3.05, 3.63) is 0 Å². The molecule has 0 bridgehead atoms. The van der Waals surface area contributed by atoms with Crippen LogP contribution in [0.4, 0.5) is 0 Å². The lowest BCUT2D eigenvalue weighted by molar-refractivity contribution is 0.0794. The van der Waals surface area contributed by atoms with Crippen LogP contribution in [0.5, 0.6) is 0 Å². The van der Waals surface area contributed by atoms with E-state index in [-0.39, 0.29) is 6.61 Å². The zero-order chi connectivity index (χ0) is 8.53. The van der Waals surface area contributed by atoms with E-state index in [2.05, 4.69) is 15.7 Å². The Hall–Kier alpha value is 0.120. The molecular weight excluding hydrogens is 184 g/mol. The Kier molecular flexibility index (Phi) is 8.31. The first-order valence-electron chi connectivity index (χ1n) is 3.21. The van der Waals surface area contributed by atoms with Crippen LogP contribution in [0.15, 0.2) is 4.47 Å². The van der Waals surface area contributed by atoms with Crippen molar-refractivity contribution in [1.82, 2.24) is 5.01 Å². The highest BCUT2D eigenvalue weighted by Gasteiger charge is 1.92. The molecule has 0 saturated heterocycles. The third kappa shape index (κ3) is 8.02. The molecule has 0 aromatic carbocycles. The zero-order valence-corrected chi connectivity index (χ0v) is 8.03. The van der Waals surface area contributed by atoms with Gasteiger partial charge in [0.05, 0.1) is 19.8 Å². The Morgan fingerprint density at radius 2 is 2.36 bits per heavy atom. The molecule has 4 nitrogen and oxygen atoms in total. The molecule has 0 aromatic heterocycles. The minimum Gasteiger partial charge on any atom is -0.394 e. The van der Waals surface area contributed by atoms with Gasteiger partial charge in [-0.2, -0.15) is 5.01 Å². The minimum atomic E-state index is 0.0661. The monoisotopic (exact) mass is 196 g/mol. The van der Waals surface area contributed by atoms with Crippen LogP contribution in [-0.2, 0) is 26.0 Å². The predicted molar refractivity (Wildman–Crippen MR) is 47.7 cm³/mol. The normalized spacial score (nSPS) is 10.1. The summed E-state index contributed by atoms with van der Waals surface area (Å²) in [6.45, 7) is 1.71. The maximum Gasteiger partial charge on any atom is 0.0698 e. The van der Waals surface area contributed by atoms with Crippen molar-refractivity contribution in [2.75, 3.05) is 33.4 Å². The summed E-state index contributed by atoms with van der Waals surface area (Å²) in [7, 11) is 2.82. The third-order valence-corrected chi connectivity index (χ3v) is 1.51. The Morgan fingerprint density at radius 1 is 1.64 bits per heavy atom. The molecule has 0 saturated carbocycles. The van der Waals surface area contributed by atoms with Gasteiger partial charge in [-0.3, -0.25) is 0 Å². The molecule has 66 valence electrons. The van der Waals surface area contributed by atoms with Gasteiger partial charge < -0.3 is 9.84 Å². The summed E-state index contributed by atoms with van der Waals surface area (Å²) in [4.78, 5) is 0. The van der Waals surface area contributed by atoms with Crippen LogP contribution >= 0.6 is 0 Å². The fraction of sp³-hybridized carbons (Fsp3) is 1.00. The van der Waals surface area contributed by atoms with Gasteiger partial charge in [-0.25, -0.2) is 0 Å². The molecule has 1 N–H and O–H groups in total. The molecule has 0 atom stereocenters. The van der Waals surface area contributed by atoms with Crippen LogP contribution in [0.1, 0.15) is 0 Å². The van der Waals surface area contributed by atoms with E-state index in [4.69, 9.17) is 9.84 Å². The van der Waals surface area contributed by atoms with Crippen molar-refractivity contribution in [2.45, 2.75) is 0 Å². The number of hydrogen-bond acceptors (Lipinski definition) is 4. The molecule has 0 aliphatic rings. The number of hydrogen-bond donors (Lipinski definition) is 1. The van der Waals surface area contributed by atoms with Gasteiger partial charge in [-0.05, 0) is 0 Å². The van der Waals surface area contributed by atoms with E-state index in [1.165, 1.54) is 0 Å².